The number of amides is 1. The summed E-state index contributed by atoms with van der Waals surface area (Å²) in [6.07, 6.45) is 2.12. The van der Waals surface area contributed by atoms with Crippen molar-refractivity contribution in [2.45, 2.75) is 18.5 Å². The fraction of sp³-hybridized carbons (Fsp3) is 0.160. The molecule has 3 heterocycles. The molecule has 1 amide bonds. The molecule has 166 valence electrons. The molecule has 1 fully saturated rings. The highest BCUT2D eigenvalue weighted by Crippen LogP contribution is 2.41. The van der Waals surface area contributed by atoms with Crippen LogP contribution >= 0.6 is 39.5 Å². The Morgan fingerprint density at radius 1 is 1.15 bits per heavy atom. The minimum absolute atomic E-state index is 0.0333. The van der Waals surface area contributed by atoms with Gasteiger partial charge >= 0.3 is 0 Å². The molecule has 8 heteroatoms. The minimum atomic E-state index is -0.0784. The number of hydrogen-bond donors (Lipinski definition) is 2. The number of anilines is 1. The van der Waals surface area contributed by atoms with Crippen LogP contribution in [0.2, 0.25) is 0 Å². The second-order valence-electron chi connectivity index (χ2n) is 7.81. The van der Waals surface area contributed by atoms with Gasteiger partial charge in [-0.15, -0.1) is 11.3 Å². The number of thiocarbonyl (C=S) groups is 1. The molecule has 1 saturated heterocycles. The van der Waals surface area contributed by atoms with E-state index in [0.717, 1.165) is 26.6 Å². The summed E-state index contributed by atoms with van der Waals surface area (Å²) in [5.41, 5.74) is 1.75. The van der Waals surface area contributed by atoms with Gasteiger partial charge in [-0.25, -0.2) is 0 Å². The summed E-state index contributed by atoms with van der Waals surface area (Å²) in [6.45, 7) is 0.506. The Balaban J connectivity index is 1.35. The average Bonchev–Trinajstić information content (AvgIpc) is 3.41. The van der Waals surface area contributed by atoms with Crippen molar-refractivity contribution in [2.24, 2.45) is 0 Å². The third-order valence-electron chi connectivity index (χ3n) is 5.72. The van der Waals surface area contributed by atoms with E-state index in [0.29, 0.717) is 18.1 Å². The number of thiophene rings is 1. The number of rotatable bonds is 6. The maximum absolute atomic E-state index is 12.9. The molecule has 0 unspecified atom stereocenters. The number of halogens is 1. The van der Waals surface area contributed by atoms with Crippen LogP contribution in [-0.2, 0) is 4.79 Å². The second kappa shape index (κ2) is 9.59. The molecule has 1 aliphatic heterocycles. The van der Waals surface area contributed by atoms with Gasteiger partial charge in [-0.3, -0.25) is 9.78 Å². The van der Waals surface area contributed by atoms with Gasteiger partial charge in [0.15, 0.2) is 5.11 Å². The van der Waals surface area contributed by atoms with Crippen molar-refractivity contribution in [1.82, 2.24) is 15.2 Å². The van der Waals surface area contributed by atoms with E-state index in [-0.39, 0.29) is 18.0 Å². The number of carbonyl (C=O) groups excluding carboxylic acids is 1. The number of aromatic nitrogens is 1. The SMILES string of the molecule is O=C(CCN1C(=S)N[C@@H](c2ccccn2)[C@@H]1c1cc(Br)cs1)Nc1cccc2ccccc12. The highest BCUT2D eigenvalue weighted by atomic mass is 79.9. The van der Waals surface area contributed by atoms with Crippen molar-refractivity contribution in [1.29, 1.82) is 0 Å². The third kappa shape index (κ3) is 4.64. The highest BCUT2D eigenvalue weighted by Gasteiger charge is 2.40. The summed E-state index contributed by atoms with van der Waals surface area (Å²) in [5.74, 6) is -0.0402. The van der Waals surface area contributed by atoms with Gasteiger partial charge in [0.1, 0.15) is 0 Å². The lowest BCUT2D eigenvalue weighted by atomic mass is 10.0. The van der Waals surface area contributed by atoms with E-state index in [2.05, 4.69) is 47.9 Å². The lowest BCUT2D eigenvalue weighted by molar-refractivity contribution is -0.116. The van der Waals surface area contributed by atoms with Crippen molar-refractivity contribution < 1.29 is 4.79 Å². The Morgan fingerprint density at radius 2 is 1.97 bits per heavy atom. The van der Waals surface area contributed by atoms with Crippen molar-refractivity contribution in [2.75, 3.05) is 11.9 Å². The highest BCUT2D eigenvalue weighted by molar-refractivity contribution is 9.10. The Morgan fingerprint density at radius 3 is 2.76 bits per heavy atom. The van der Waals surface area contributed by atoms with E-state index in [9.17, 15) is 4.79 Å². The van der Waals surface area contributed by atoms with Crippen molar-refractivity contribution in [3.63, 3.8) is 0 Å². The van der Waals surface area contributed by atoms with Crippen LogP contribution in [0.3, 0.4) is 0 Å². The maximum atomic E-state index is 12.9. The van der Waals surface area contributed by atoms with Gasteiger partial charge in [0.2, 0.25) is 5.91 Å². The van der Waals surface area contributed by atoms with Crippen molar-refractivity contribution in [3.8, 4) is 0 Å². The van der Waals surface area contributed by atoms with Gasteiger partial charge in [-0.2, -0.15) is 0 Å². The fourth-order valence-electron chi connectivity index (χ4n) is 4.21. The molecule has 2 aromatic heterocycles. The van der Waals surface area contributed by atoms with Gasteiger partial charge < -0.3 is 15.5 Å². The molecule has 0 spiro atoms. The maximum Gasteiger partial charge on any atom is 0.226 e. The number of fused-ring (bicyclic) bond motifs is 1. The zero-order valence-corrected chi connectivity index (χ0v) is 20.8. The number of nitrogens with one attached hydrogen (secondary N) is 2. The van der Waals surface area contributed by atoms with Crippen LogP contribution in [0.25, 0.3) is 10.8 Å². The summed E-state index contributed by atoms with van der Waals surface area (Å²) in [6, 6.07) is 21.9. The number of benzene rings is 2. The zero-order chi connectivity index (χ0) is 22.8. The monoisotopic (exact) mass is 536 g/mol. The molecule has 4 aromatic rings. The second-order valence-corrected chi connectivity index (χ2v) is 10.1. The van der Waals surface area contributed by atoms with Crippen LogP contribution < -0.4 is 10.6 Å². The summed E-state index contributed by atoms with van der Waals surface area (Å²) in [4.78, 5) is 20.7. The molecule has 0 saturated carbocycles. The molecule has 5 nitrogen and oxygen atoms in total. The van der Waals surface area contributed by atoms with E-state index in [4.69, 9.17) is 12.2 Å². The molecular formula is C25H21BrN4OS2. The van der Waals surface area contributed by atoms with Crippen LogP contribution in [0.4, 0.5) is 5.69 Å². The zero-order valence-electron chi connectivity index (χ0n) is 17.6. The molecule has 0 aliphatic carbocycles. The molecule has 0 bridgehead atoms. The summed E-state index contributed by atoms with van der Waals surface area (Å²) < 4.78 is 1.04. The summed E-state index contributed by atoms with van der Waals surface area (Å²) in [5, 5.41) is 11.3. The van der Waals surface area contributed by atoms with E-state index < -0.39 is 0 Å². The number of hydrogen-bond acceptors (Lipinski definition) is 4. The van der Waals surface area contributed by atoms with E-state index in [1.807, 2.05) is 60.7 Å². The van der Waals surface area contributed by atoms with Gasteiger partial charge in [-0.05, 0) is 57.8 Å². The molecular weight excluding hydrogens is 516 g/mol. The van der Waals surface area contributed by atoms with Crippen LogP contribution in [0.5, 0.6) is 0 Å². The molecule has 1 aliphatic rings. The molecule has 2 N–H and O–H groups in total. The normalized spacial score (nSPS) is 17.8. The third-order valence-corrected chi connectivity index (χ3v) is 7.84. The molecule has 2 aromatic carbocycles. The predicted octanol–water partition coefficient (Wildman–Crippen LogP) is 6.06. The smallest absolute Gasteiger partial charge is 0.226 e. The average molecular weight is 538 g/mol. The largest absolute Gasteiger partial charge is 0.352 e. The molecule has 5 rings (SSSR count). The van der Waals surface area contributed by atoms with Crippen LogP contribution in [0.15, 0.2) is 82.8 Å². The van der Waals surface area contributed by atoms with Gasteiger partial charge in [-0.1, -0.05) is 42.5 Å². The van der Waals surface area contributed by atoms with Gasteiger partial charge in [0, 0.05) is 45.0 Å². The first kappa shape index (κ1) is 22.0. The first-order valence-corrected chi connectivity index (χ1v) is 12.7. The van der Waals surface area contributed by atoms with Crippen molar-refractivity contribution in [3.05, 3.63) is 93.4 Å². The lowest BCUT2D eigenvalue weighted by Crippen LogP contribution is -2.32. The summed E-state index contributed by atoms with van der Waals surface area (Å²) >= 11 is 10.9. The number of nitrogens with zero attached hydrogens (tertiary/aromatic N) is 2. The fourth-order valence-corrected chi connectivity index (χ4v) is 6.13. The minimum Gasteiger partial charge on any atom is -0.352 e. The predicted molar refractivity (Wildman–Crippen MR) is 141 cm³/mol. The van der Waals surface area contributed by atoms with Crippen LogP contribution in [0.1, 0.15) is 29.1 Å². The number of carbonyl (C=O) groups is 1. The Kier molecular flexibility index (Phi) is 6.39. The van der Waals surface area contributed by atoms with E-state index in [1.54, 1.807) is 17.5 Å². The summed E-state index contributed by atoms with van der Waals surface area (Å²) in [7, 11) is 0. The molecule has 2 atom stereocenters. The van der Waals surface area contributed by atoms with Crippen molar-refractivity contribution >= 4 is 67.0 Å². The Labute approximate surface area is 210 Å². The molecule has 0 radical (unpaired) electrons. The topological polar surface area (TPSA) is 57.3 Å². The van der Waals surface area contributed by atoms with Crippen LogP contribution in [-0.4, -0.2) is 27.4 Å². The standard InChI is InChI=1S/C25H21BrN4OS2/c26-17-14-21(33-15-17)24-23(20-9-3-4-12-27-20)29-25(32)30(24)13-11-22(31)28-19-10-5-7-16-6-1-2-8-18(16)19/h1-10,12,14-15,23-24H,11,13H2,(H,28,31)(H,29,32)/t23-,24-/m0/s1. The first-order valence-electron chi connectivity index (χ1n) is 10.6. The molecule has 33 heavy (non-hydrogen) atoms. The first-order chi connectivity index (χ1) is 16.1. The lowest BCUT2D eigenvalue weighted by Gasteiger charge is -2.26. The van der Waals surface area contributed by atoms with E-state index >= 15 is 0 Å². The Hall–Kier alpha value is -2.81. The van der Waals surface area contributed by atoms with Crippen LogP contribution in [0, 0.1) is 0 Å². The van der Waals surface area contributed by atoms with Gasteiger partial charge in [0.05, 0.1) is 17.8 Å². The van der Waals surface area contributed by atoms with E-state index in [1.165, 1.54) is 4.88 Å². The quantitative estimate of drug-likeness (QED) is 0.293. The number of pyridine rings is 1. The Bertz CT molecular complexity index is 1300. The van der Waals surface area contributed by atoms with Gasteiger partial charge in [0.25, 0.3) is 0 Å².